The van der Waals surface area contributed by atoms with Gasteiger partial charge in [-0.1, -0.05) is 33.8 Å². The van der Waals surface area contributed by atoms with Crippen LogP contribution in [0.15, 0.2) is 18.2 Å². The lowest BCUT2D eigenvalue weighted by Gasteiger charge is -1.98. The molecule has 0 saturated heterocycles. The molecule has 0 aliphatic heterocycles. The van der Waals surface area contributed by atoms with Crippen molar-refractivity contribution in [3.05, 3.63) is 29.3 Å². The number of hydrogen-bond donors (Lipinski definition) is 1. The molecule has 0 radical (unpaired) electrons. The van der Waals surface area contributed by atoms with Crippen LogP contribution in [0.1, 0.15) is 11.1 Å². The SMILES string of the molecule is Cc1ccc(C#CCBr)cc1N. The van der Waals surface area contributed by atoms with Crippen LogP contribution in [0.25, 0.3) is 0 Å². The first kappa shape index (κ1) is 9.15. The normalized spacial score (nSPS) is 8.83. The molecule has 0 aliphatic carbocycles. The molecular formula is C10H10BrN. The molecule has 2 heteroatoms. The van der Waals surface area contributed by atoms with E-state index in [1.807, 2.05) is 25.1 Å². The van der Waals surface area contributed by atoms with E-state index in [0.717, 1.165) is 16.8 Å². The number of hydrogen-bond acceptors (Lipinski definition) is 1. The van der Waals surface area contributed by atoms with Crippen LogP contribution in [0, 0.1) is 18.8 Å². The lowest BCUT2D eigenvalue weighted by atomic mass is 10.1. The summed E-state index contributed by atoms with van der Waals surface area (Å²) in [5.74, 6) is 5.91. The van der Waals surface area contributed by atoms with Crippen molar-refractivity contribution in [3.8, 4) is 11.8 Å². The van der Waals surface area contributed by atoms with Gasteiger partial charge in [0.25, 0.3) is 0 Å². The van der Waals surface area contributed by atoms with Crippen molar-refractivity contribution in [1.82, 2.24) is 0 Å². The zero-order valence-corrected chi connectivity index (χ0v) is 8.48. The third-order valence-corrected chi connectivity index (χ3v) is 1.86. The van der Waals surface area contributed by atoms with E-state index >= 15 is 0 Å². The van der Waals surface area contributed by atoms with E-state index in [-0.39, 0.29) is 0 Å². The van der Waals surface area contributed by atoms with Crippen molar-refractivity contribution in [2.75, 3.05) is 11.1 Å². The molecule has 1 nitrogen and oxygen atoms in total. The summed E-state index contributed by atoms with van der Waals surface area (Å²) in [7, 11) is 0. The van der Waals surface area contributed by atoms with Crippen LogP contribution in [0.2, 0.25) is 0 Å². The highest BCUT2D eigenvalue weighted by Gasteiger charge is 1.92. The number of halogens is 1. The topological polar surface area (TPSA) is 26.0 Å². The number of nitrogen functional groups attached to an aromatic ring is 1. The average Bonchev–Trinajstić information content (AvgIpc) is 2.07. The summed E-state index contributed by atoms with van der Waals surface area (Å²) in [6.07, 6.45) is 0. The van der Waals surface area contributed by atoms with Gasteiger partial charge in [0, 0.05) is 11.3 Å². The first-order valence-corrected chi connectivity index (χ1v) is 4.77. The van der Waals surface area contributed by atoms with Crippen LogP contribution in [0.4, 0.5) is 5.69 Å². The Labute approximate surface area is 81.1 Å². The number of benzene rings is 1. The summed E-state index contributed by atoms with van der Waals surface area (Å²) >= 11 is 3.23. The third-order valence-electron chi connectivity index (χ3n) is 1.58. The Bertz CT molecular complexity index is 333. The van der Waals surface area contributed by atoms with E-state index in [4.69, 9.17) is 5.73 Å². The number of alkyl halides is 1. The first-order chi connectivity index (χ1) is 5.74. The summed E-state index contributed by atoms with van der Waals surface area (Å²) in [5, 5.41) is 0.695. The lowest BCUT2D eigenvalue weighted by Crippen LogP contribution is -1.89. The highest BCUT2D eigenvalue weighted by Crippen LogP contribution is 2.11. The molecule has 1 aromatic carbocycles. The molecule has 0 atom stereocenters. The second-order valence-corrected chi connectivity index (χ2v) is 3.07. The van der Waals surface area contributed by atoms with Gasteiger partial charge in [-0.2, -0.15) is 0 Å². The fourth-order valence-corrected chi connectivity index (χ4v) is 0.994. The van der Waals surface area contributed by atoms with E-state index in [0.29, 0.717) is 5.33 Å². The molecular weight excluding hydrogens is 214 g/mol. The maximum atomic E-state index is 5.71. The van der Waals surface area contributed by atoms with Crippen molar-refractivity contribution < 1.29 is 0 Å². The predicted octanol–water partition coefficient (Wildman–Crippen LogP) is 2.32. The lowest BCUT2D eigenvalue weighted by molar-refractivity contribution is 1.46. The minimum Gasteiger partial charge on any atom is -0.398 e. The quantitative estimate of drug-likeness (QED) is 0.408. The molecule has 0 bridgehead atoms. The number of anilines is 1. The van der Waals surface area contributed by atoms with Gasteiger partial charge in [0.15, 0.2) is 0 Å². The average molecular weight is 224 g/mol. The standard InChI is InChI=1S/C10H10BrN/c1-8-4-5-9(3-2-6-11)7-10(8)12/h4-5,7H,6,12H2,1H3. The summed E-state index contributed by atoms with van der Waals surface area (Å²) in [4.78, 5) is 0. The van der Waals surface area contributed by atoms with Gasteiger partial charge in [-0.25, -0.2) is 0 Å². The molecule has 0 saturated carbocycles. The van der Waals surface area contributed by atoms with Crippen LogP contribution in [-0.2, 0) is 0 Å². The van der Waals surface area contributed by atoms with Gasteiger partial charge in [-0.3, -0.25) is 0 Å². The zero-order valence-electron chi connectivity index (χ0n) is 6.89. The smallest absolute Gasteiger partial charge is 0.0649 e. The molecule has 0 heterocycles. The van der Waals surface area contributed by atoms with E-state index in [9.17, 15) is 0 Å². The van der Waals surface area contributed by atoms with E-state index in [2.05, 4.69) is 27.8 Å². The second-order valence-electron chi connectivity index (χ2n) is 2.51. The minimum absolute atomic E-state index is 0.695. The Morgan fingerprint density at radius 2 is 2.25 bits per heavy atom. The number of nitrogens with two attached hydrogens (primary N) is 1. The molecule has 0 spiro atoms. The zero-order chi connectivity index (χ0) is 8.97. The van der Waals surface area contributed by atoms with Gasteiger partial charge in [0.05, 0.1) is 5.33 Å². The van der Waals surface area contributed by atoms with E-state index in [1.54, 1.807) is 0 Å². The molecule has 0 amide bonds. The minimum atomic E-state index is 0.695. The third kappa shape index (κ3) is 2.28. The predicted molar refractivity (Wildman–Crippen MR) is 56.3 cm³/mol. The van der Waals surface area contributed by atoms with Gasteiger partial charge < -0.3 is 5.73 Å². The van der Waals surface area contributed by atoms with Crippen LogP contribution < -0.4 is 5.73 Å². The fraction of sp³-hybridized carbons (Fsp3) is 0.200. The van der Waals surface area contributed by atoms with Gasteiger partial charge in [0.2, 0.25) is 0 Å². The van der Waals surface area contributed by atoms with E-state index < -0.39 is 0 Å². The van der Waals surface area contributed by atoms with Gasteiger partial charge in [-0.15, -0.1) is 0 Å². The fourth-order valence-electron chi connectivity index (χ4n) is 0.854. The van der Waals surface area contributed by atoms with Crippen molar-refractivity contribution in [3.63, 3.8) is 0 Å². The Morgan fingerprint density at radius 3 is 2.83 bits per heavy atom. The van der Waals surface area contributed by atoms with Crippen molar-refractivity contribution in [2.24, 2.45) is 0 Å². The van der Waals surface area contributed by atoms with Crippen LogP contribution >= 0.6 is 15.9 Å². The monoisotopic (exact) mass is 223 g/mol. The molecule has 2 N–H and O–H groups in total. The largest absolute Gasteiger partial charge is 0.398 e. The Hall–Kier alpha value is -0.940. The summed E-state index contributed by atoms with van der Waals surface area (Å²) in [6, 6.07) is 5.85. The Kier molecular flexibility index (Phi) is 3.19. The van der Waals surface area contributed by atoms with Crippen LogP contribution in [0.3, 0.4) is 0 Å². The Morgan fingerprint density at radius 1 is 1.50 bits per heavy atom. The molecule has 1 rings (SSSR count). The molecule has 0 aliphatic rings. The summed E-state index contributed by atoms with van der Waals surface area (Å²) in [5.41, 5.74) is 8.58. The Balaban J connectivity index is 2.97. The molecule has 62 valence electrons. The molecule has 1 aromatic rings. The van der Waals surface area contributed by atoms with Gasteiger partial charge >= 0.3 is 0 Å². The van der Waals surface area contributed by atoms with Crippen molar-refractivity contribution in [2.45, 2.75) is 6.92 Å². The van der Waals surface area contributed by atoms with E-state index in [1.165, 1.54) is 0 Å². The first-order valence-electron chi connectivity index (χ1n) is 3.65. The highest BCUT2D eigenvalue weighted by atomic mass is 79.9. The number of aryl methyl sites for hydroxylation is 1. The highest BCUT2D eigenvalue weighted by molar-refractivity contribution is 9.09. The molecule has 0 fully saturated rings. The summed E-state index contributed by atoms with van der Waals surface area (Å²) in [6.45, 7) is 1.98. The second kappa shape index (κ2) is 4.18. The molecule has 0 unspecified atom stereocenters. The maximum absolute atomic E-state index is 5.71. The summed E-state index contributed by atoms with van der Waals surface area (Å²) < 4.78 is 0. The maximum Gasteiger partial charge on any atom is 0.0649 e. The van der Waals surface area contributed by atoms with Crippen molar-refractivity contribution in [1.29, 1.82) is 0 Å². The van der Waals surface area contributed by atoms with Crippen LogP contribution in [0.5, 0.6) is 0 Å². The van der Waals surface area contributed by atoms with Gasteiger partial charge in [0.1, 0.15) is 0 Å². The molecule has 12 heavy (non-hydrogen) atoms. The molecule has 0 aromatic heterocycles. The van der Waals surface area contributed by atoms with Gasteiger partial charge in [-0.05, 0) is 24.6 Å². The number of rotatable bonds is 0. The van der Waals surface area contributed by atoms with Crippen molar-refractivity contribution >= 4 is 21.6 Å². The van der Waals surface area contributed by atoms with Crippen LogP contribution in [-0.4, -0.2) is 5.33 Å².